The summed E-state index contributed by atoms with van der Waals surface area (Å²) >= 11 is 0. The second-order valence-electron chi connectivity index (χ2n) is 3.56. The van der Waals surface area contributed by atoms with Crippen molar-refractivity contribution in [3.63, 3.8) is 0 Å². The van der Waals surface area contributed by atoms with Crippen molar-refractivity contribution >= 4 is 5.76 Å². The van der Waals surface area contributed by atoms with Crippen LogP contribution in [-0.2, 0) is 10.5 Å². The first-order chi connectivity index (χ1) is 7.56. The first-order valence-electron chi connectivity index (χ1n) is 4.80. The molecule has 1 aromatic rings. The lowest BCUT2D eigenvalue weighted by molar-refractivity contribution is -0.201. The SMILES string of the molecule is CN/C=C1\OCC(O)(O)c2c(F)cccc21. The van der Waals surface area contributed by atoms with Crippen LogP contribution in [0.3, 0.4) is 0 Å². The van der Waals surface area contributed by atoms with E-state index in [0.717, 1.165) is 0 Å². The Balaban J connectivity index is 2.63. The van der Waals surface area contributed by atoms with Gasteiger partial charge < -0.3 is 20.3 Å². The van der Waals surface area contributed by atoms with Gasteiger partial charge in [-0.1, -0.05) is 12.1 Å². The number of ether oxygens (including phenoxy) is 1. The van der Waals surface area contributed by atoms with E-state index in [-0.39, 0.29) is 5.56 Å². The quantitative estimate of drug-likeness (QED) is 0.609. The summed E-state index contributed by atoms with van der Waals surface area (Å²) in [5.74, 6) is -2.56. The van der Waals surface area contributed by atoms with Gasteiger partial charge in [-0.2, -0.15) is 0 Å². The van der Waals surface area contributed by atoms with Crippen LogP contribution in [0.25, 0.3) is 5.76 Å². The molecule has 0 amide bonds. The van der Waals surface area contributed by atoms with Crippen molar-refractivity contribution < 1.29 is 19.3 Å². The summed E-state index contributed by atoms with van der Waals surface area (Å²) in [6.07, 6.45) is 1.54. The number of aliphatic hydroxyl groups is 2. The van der Waals surface area contributed by atoms with Crippen LogP contribution in [-0.4, -0.2) is 23.9 Å². The minimum Gasteiger partial charge on any atom is -0.485 e. The van der Waals surface area contributed by atoms with E-state index in [4.69, 9.17) is 4.74 Å². The second-order valence-corrected chi connectivity index (χ2v) is 3.56. The van der Waals surface area contributed by atoms with Crippen LogP contribution < -0.4 is 5.32 Å². The highest BCUT2D eigenvalue weighted by Gasteiger charge is 2.38. The third-order valence-electron chi connectivity index (χ3n) is 2.38. The summed E-state index contributed by atoms with van der Waals surface area (Å²) in [4.78, 5) is 0. The summed E-state index contributed by atoms with van der Waals surface area (Å²) in [5.41, 5.74) is 0.188. The Labute approximate surface area is 92.0 Å². The number of hydrogen-bond acceptors (Lipinski definition) is 4. The predicted octanol–water partition coefficient (Wildman–Crippen LogP) is 0.511. The van der Waals surface area contributed by atoms with Gasteiger partial charge in [0, 0.05) is 18.8 Å². The fourth-order valence-electron chi connectivity index (χ4n) is 1.72. The molecule has 86 valence electrons. The molecule has 0 aromatic heterocycles. The standard InChI is InChI=1S/C11H12FNO3/c1-13-5-9-7-3-2-4-8(12)10(7)11(14,15)6-16-9/h2-5,13-15H,6H2,1H3/b9-5-. The zero-order valence-corrected chi connectivity index (χ0v) is 8.70. The molecule has 0 radical (unpaired) electrons. The van der Waals surface area contributed by atoms with Gasteiger partial charge >= 0.3 is 0 Å². The fourth-order valence-corrected chi connectivity index (χ4v) is 1.72. The van der Waals surface area contributed by atoms with Gasteiger partial charge in [-0.05, 0) is 6.07 Å². The van der Waals surface area contributed by atoms with E-state index >= 15 is 0 Å². The Bertz CT molecular complexity index is 443. The van der Waals surface area contributed by atoms with E-state index in [9.17, 15) is 14.6 Å². The van der Waals surface area contributed by atoms with Crippen LogP contribution in [0.5, 0.6) is 0 Å². The molecule has 0 atom stereocenters. The molecule has 1 aliphatic rings. The molecule has 0 bridgehead atoms. The van der Waals surface area contributed by atoms with Crippen molar-refractivity contribution in [2.24, 2.45) is 0 Å². The Kier molecular flexibility index (Phi) is 2.57. The van der Waals surface area contributed by atoms with Gasteiger partial charge in [0.2, 0.25) is 5.79 Å². The topological polar surface area (TPSA) is 61.7 Å². The fraction of sp³-hybridized carbons (Fsp3) is 0.273. The molecule has 0 spiro atoms. The third-order valence-corrected chi connectivity index (χ3v) is 2.38. The maximum atomic E-state index is 13.6. The number of nitrogens with one attached hydrogen (secondary N) is 1. The Morgan fingerprint density at radius 3 is 2.94 bits per heavy atom. The van der Waals surface area contributed by atoms with Gasteiger partial charge in [-0.25, -0.2) is 4.39 Å². The number of rotatable bonds is 1. The van der Waals surface area contributed by atoms with Gasteiger partial charge in [0.25, 0.3) is 0 Å². The molecule has 0 unspecified atom stereocenters. The predicted molar refractivity (Wildman–Crippen MR) is 55.5 cm³/mol. The smallest absolute Gasteiger partial charge is 0.228 e. The highest BCUT2D eigenvalue weighted by Crippen LogP contribution is 2.35. The molecule has 0 fully saturated rings. The van der Waals surface area contributed by atoms with Gasteiger partial charge in [-0.3, -0.25) is 0 Å². The van der Waals surface area contributed by atoms with Crippen molar-refractivity contribution in [3.8, 4) is 0 Å². The normalized spacial score (nSPS) is 20.1. The average molecular weight is 225 g/mol. The van der Waals surface area contributed by atoms with Gasteiger partial charge in [-0.15, -0.1) is 0 Å². The minimum atomic E-state index is -2.29. The monoisotopic (exact) mass is 225 g/mol. The minimum absolute atomic E-state index is 0.150. The molecule has 2 rings (SSSR count). The van der Waals surface area contributed by atoms with E-state index in [1.165, 1.54) is 18.3 Å². The Hall–Kier alpha value is -1.59. The molecule has 3 N–H and O–H groups in total. The first-order valence-corrected chi connectivity index (χ1v) is 4.80. The summed E-state index contributed by atoms with van der Waals surface area (Å²) in [5, 5.41) is 22.0. The van der Waals surface area contributed by atoms with E-state index in [1.54, 1.807) is 13.1 Å². The zero-order chi connectivity index (χ0) is 11.8. The number of fused-ring (bicyclic) bond motifs is 1. The van der Waals surface area contributed by atoms with Crippen molar-refractivity contribution in [1.29, 1.82) is 0 Å². The average Bonchev–Trinajstić information content (AvgIpc) is 2.22. The third kappa shape index (κ3) is 1.64. The molecule has 16 heavy (non-hydrogen) atoms. The van der Waals surface area contributed by atoms with Crippen LogP contribution in [0.15, 0.2) is 24.4 Å². The van der Waals surface area contributed by atoms with E-state index in [2.05, 4.69) is 5.32 Å². The lowest BCUT2D eigenvalue weighted by Gasteiger charge is -2.31. The molecule has 5 heteroatoms. The van der Waals surface area contributed by atoms with E-state index in [1.807, 2.05) is 0 Å². The van der Waals surface area contributed by atoms with E-state index < -0.39 is 18.2 Å². The molecule has 4 nitrogen and oxygen atoms in total. The molecular weight excluding hydrogens is 213 g/mol. The van der Waals surface area contributed by atoms with Crippen molar-refractivity contribution in [2.45, 2.75) is 5.79 Å². The number of hydrogen-bond donors (Lipinski definition) is 3. The molecule has 1 aliphatic heterocycles. The lowest BCUT2D eigenvalue weighted by Crippen LogP contribution is -2.36. The molecule has 1 aromatic carbocycles. The largest absolute Gasteiger partial charge is 0.485 e. The first kappa shape index (κ1) is 10.9. The van der Waals surface area contributed by atoms with Crippen molar-refractivity contribution in [2.75, 3.05) is 13.7 Å². The van der Waals surface area contributed by atoms with Crippen LogP contribution in [0.2, 0.25) is 0 Å². The number of benzene rings is 1. The summed E-state index contributed by atoms with van der Waals surface area (Å²) < 4.78 is 18.7. The molecule has 0 aliphatic carbocycles. The Morgan fingerprint density at radius 2 is 2.25 bits per heavy atom. The van der Waals surface area contributed by atoms with Gasteiger partial charge in [0.1, 0.15) is 18.2 Å². The van der Waals surface area contributed by atoms with Crippen LogP contribution in [0, 0.1) is 5.82 Å². The highest BCUT2D eigenvalue weighted by molar-refractivity contribution is 5.65. The lowest BCUT2D eigenvalue weighted by atomic mass is 9.95. The molecular formula is C11H12FNO3. The maximum Gasteiger partial charge on any atom is 0.228 e. The van der Waals surface area contributed by atoms with Crippen LogP contribution in [0.4, 0.5) is 4.39 Å². The van der Waals surface area contributed by atoms with Crippen molar-refractivity contribution in [3.05, 3.63) is 41.3 Å². The Morgan fingerprint density at radius 1 is 1.50 bits per heavy atom. The summed E-state index contributed by atoms with van der Waals surface area (Å²) in [6, 6.07) is 4.24. The zero-order valence-electron chi connectivity index (χ0n) is 8.70. The van der Waals surface area contributed by atoms with E-state index in [0.29, 0.717) is 11.3 Å². The molecule has 0 saturated carbocycles. The summed E-state index contributed by atoms with van der Waals surface area (Å²) in [7, 11) is 1.68. The van der Waals surface area contributed by atoms with Gasteiger partial charge in [0.15, 0.2) is 0 Å². The highest BCUT2D eigenvalue weighted by atomic mass is 19.1. The number of halogens is 1. The summed E-state index contributed by atoms with van der Waals surface area (Å²) in [6.45, 7) is -0.394. The molecule has 0 saturated heterocycles. The van der Waals surface area contributed by atoms with Crippen LogP contribution >= 0.6 is 0 Å². The van der Waals surface area contributed by atoms with Gasteiger partial charge in [0.05, 0.1) is 5.56 Å². The molecule has 1 heterocycles. The maximum absolute atomic E-state index is 13.6. The second kappa shape index (κ2) is 3.77. The van der Waals surface area contributed by atoms with Crippen molar-refractivity contribution in [1.82, 2.24) is 5.32 Å². The van der Waals surface area contributed by atoms with Crippen LogP contribution in [0.1, 0.15) is 11.1 Å².